The summed E-state index contributed by atoms with van der Waals surface area (Å²) in [5.74, 6) is 9.24. The molecule has 0 aliphatic heterocycles. The minimum absolute atomic E-state index is 0.654. The highest BCUT2D eigenvalue weighted by Crippen LogP contribution is 2.85. The second-order valence-electron chi connectivity index (χ2n) is 9.05. The van der Waals surface area contributed by atoms with E-state index in [9.17, 15) is 10.5 Å². The molecule has 7 aliphatic carbocycles. The molecular formula is C21H18N2. The Morgan fingerprint density at radius 1 is 0.739 bits per heavy atom. The summed E-state index contributed by atoms with van der Waals surface area (Å²) in [6.45, 7) is 0. The summed E-state index contributed by atoms with van der Waals surface area (Å²) in [6, 6.07) is 4.76. The summed E-state index contributed by atoms with van der Waals surface area (Å²) in [6.07, 6.45) is 10.1. The average molecular weight is 298 g/mol. The van der Waals surface area contributed by atoms with Gasteiger partial charge in [0.15, 0.2) is 0 Å². The van der Waals surface area contributed by atoms with Gasteiger partial charge in [-0.3, -0.25) is 0 Å². The van der Waals surface area contributed by atoms with Crippen molar-refractivity contribution in [2.24, 2.45) is 71.0 Å². The van der Waals surface area contributed by atoms with Crippen LogP contribution >= 0.6 is 0 Å². The Bertz CT molecular complexity index is 767. The van der Waals surface area contributed by atoms with Crippen LogP contribution in [0, 0.1) is 93.7 Å². The van der Waals surface area contributed by atoms with E-state index in [0.717, 1.165) is 35.5 Å². The van der Waals surface area contributed by atoms with E-state index in [2.05, 4.69) is 24.3 Å². The zero-order chi connectivity index (χ0) is 15.0. The van der Waals surface area contributed by atoms with Crippen molar-refractivity contribution < 1.29 is 0 Å². The standard InChI is InChI=1S/C21H18N2/c22-5-3-8-12-7-13-9(4-6-23)15-11-2-1-10-14(8)19-17(12)18(13)20(15)21(19)16(10)11/h1-4,10-21H,7H2/b8-3+,9-4+/t10-,11+,12+,13-,14+,15-,16?,17-,18-,19+,20-,21?/m0/s1. The number of hydrogen-bond donors (Lipinski definition) is 0. The third kappa shape index (κ3) is 0.922. The van der Waals surface area contributed by atoms with Crippen LogP contribution in [0.2, 0.25) is 0 Å². The molecule has 0 N–H and O–H groups in total. The van der Waals surface area contributed by atoms with Gasteiger partial charge in [-0.25, -0.2) is 0 Å². The molecule has 6 saturated carbocycles. The van der Waals surface area contributed by atoms with E-state index < -0.39 is 0 Å². The van der Waals surface area contributed by atoms with Gasteiger partial charge in [0.1, 0.15) is 0 Å². The SMILES string of the molecule is N#C/C=C1/[C@H]2[C@H]3C4C5[C@H]2C=C[C@@H]5[C@@H]2/C(=C/C#N)[C@@H]5C[C@H]1[C@H]3[C@H]5[C@@H]42. The molecule has 2 unspecified atom stereocenters. The number of nitrogens with zero attached hydrogens (tertiary/aromatic N) is 2. The second-order valence-corrected chi connectivity index (χ2v) is 9.05. The Labute approximate surface area is 136 Å². The maximum absolute atomic E-state index is 9.36. The molecular weight excluding hydrogens is 280 g/mol. The van der Waals surface area contributed by atoms with E-state index in [-0.39, 0.29) is 0 Å². The molecule has 0 aromatic rings. The van der Waals surface area contributed by atoms with Crippen molar-refractivity contribution in [3.63, 3.8) is 0 Å². The lowest BCUT2D eigenvalue weighted by atomic mass is 9.76. The first-order valence-electron chi connectivity index (χ1n) is 9.24. The van der Waals surface area contributed by atoms with Crippen molar-refractivity contribution in [1.82, 2.24) is 0 Å². The second kappa shape index (κ2) is 3.34. The smallest absolute Gasteiger partial charge is 0.0911 e. The minimum Gasteiger partial charge on any atom is -0.193 e. The van der Waals surface area contributed by atoms with Gasteiger partial charge in [0.05, 0.1) is 12.1 Å². The quantitative estimate of drug-likeness (QED) is 0.509. The van der Waals surface area contributed by atoms with Gasteiger partial charge in [-0.1, -0.05) is 23.3 Å². The van der Waals surface area contributed by atoms with Crippen LogP contribution in [-0.2, 0) is 0 Å². The van der Waals surface area contributed by atoms with Crippen LogP contribution in [-0.4, -0.2) is 0 Å². The van der Waals surface area contributed by atoms with E-state index in [1.165, 1.54) is 17.6 Å². The molecule has 7 rings (SSSR count). The third-order valence-electron chi connectivity index (χ3n) is 9.30. The molecule has 0 radical (unpaired) electrons. The molecule has 0 heterocycles. The number of fused-ring (bicyclic) bond motifs is 2. The van der Waals surface area contributed by atoms with E-state index in [1.807, 2.05) is 12.2 Å². The van der Waals surface area contributed by atoms with Crippen molar-refractivity contribution in [2.75, 3.05) is 0 Å². The summed E-state index contributed by atoms with van der Waals surface area (Å²) < 4.78 is 0. The molecule has 0 aromatic heterocycles. The lowest BCUT2D eigenvalue weighted by Gasteiger charge is -2.27. The van der Waals surface area contributed by atoms with Gasteiger partial charge in [0, 0.05) is 12.2 Å². The van der Waals surface area contributed by atoms with Crippen molar-refractivity contribution in [2.45, 2.75) is 6.42 Å². The lowest BCUT2D eigenvalue weighted by molar-refractivity contribution is 0.294. The molecule has 2 heteroatoms. The van der Waals surface area contributed by atoms with E-state index in [1.54, 1.807) is 0 Å². The predicted octanol–water partition coefficient (Wildman–Crippen LogP) is 3.32. The van der Waals surface area contributed by atoms with Gasteiger partial charge in [-0.2, -0.15) is 10.5 Å². The van der Waals surface area contributed by atoms with Crippen LogP contribution in [0.25, 0.3) is 0 Å². The highest BCUT2D eigenvalue weighted by Gasteiger charge is 2.80. The van der Waals surface area contributed by atoms with Crippen LogP contribution in [0.15, 0.2) is 35.5 Å². The highest BCUT2D eigenvalue weighted by molar-refractivity contribution is 5.47. The summed E-state index contributed by atoms with van der Waals surface area (Å²) in [7, 11) is 0. The maximum Gasteiger partial charge on any atom is 0.0911 e. The maximum atomic E-state index is 9.36. The van der Waals surface area contributed by atoms with Crippen molar-refractivity contribution in [1.29, 1.82) is 10.5 Å². The fourth-order valence-electron chi connectivity index (χ4n) is 9.58. The normalized spacial score (nSPS) is 66.9. The Morgan fingerprint density at radius 3 is 1.74 bits per heavy atom. The largest absolute Gasteiger partial charge is 0.193 e. The number of allylic oxidation sites excluding steroid dienone is 6. The van der Waals surface area contributed by atoms with Crippen molar-refractivity contribution >= 4 is 0 Å². The number of hydrogen-bond acceptors (Lipinski definition) is 2. The topological polar surface area (TPSA) is 47.6 Å². The summed E-state index contributed by atoms with van der Waals surface area (Å²) >= 11 is 0. The minimum atomic E-state index is 0.654. The van der Waals surface area contributed by atoms with Gasteiger partial charge < -0.3 is 0 Å². The van der Waals surface area contributed by atoms with Gasteiger partial charge in [-0.05, 0) is 77.4 Å². The van der Waals surface area contributed by atoms with Crippen LogP contribution < -0.4 is 0 Å². The average Bonchev–Trinajstić information content (AvgIpc) is 3.28. The third-order valence-corrected chi connectivity index (χ3v) is 9.30. The number of nitriles is 2. The highest BCUT2D eigenvalue weighted by atomic mass is 14.8. The Morgan fingerprint density at radius 2 is 1.26 bits per heavy atom. The predicted molar refractivity (Wildman–Crippen MR) is 83.0 cm³/mol. The monoisotopic (exact) mass is 298 g/mol. The first-order chi connectivity index (χ1) is 11.4. The lowest BCUT2D eigenvalue weighted by Crippen LogP contribution is -2.21. The zero-order valence-corrected chi connectivity index (χ0v) is 12.8. The first kappa shape index (κ1) is 11.7. The van der Waals surface area contributed by atoms with Crippen LogP contribution in [0.3, 0.4) is 0 Å². The van der Waals surface area contributed by atoms with Crippen LogP contribution in [0.1, 0.15) is 6.42 Å². The van der Waals surface area contributed by atoms with E-state index >= 15 is 0 Å². The molecule has 112 valence electrons. The molecule has 12 atom stereocenters. The summed E-state index contributed by atoms with van der Waals surface area (Å²) in [5.41, 5.74) is 3.01. The molecule has 0 bridgehead atoms. The Kier molecular flexibility index (Phi) is 1.70. The molecule has 2 nitrogen and oxygen atoms in total. The van der Waals surface area contributed by atoms with Gasteiger partial charge in [0.2, 0.25) is 0 Å². The van der Waals surface area contributed by atoms with Gasteiger partial charge in [-0.15, -0.1) is 0 Å². The molecule has 6 fully saturated rings. The van der Waals surface area contributed by atoms with Gasteiger partial charge >= 0.3 is 0 Å². The Hall–Kier alpha value is -1.80. The molecule has 0 aromatic carbocycles. The molecule has 7 aliphatic rings. The van der Waals surface area contributed by atoms with Gasteiger partial charge in [0.25, 0.3) is 0 Å². The van der Waals surface area contributed by atoms with E-state index in [0.29, 0.717) is 35.5 Å². The van der Waals surface area contributed by atoms with Crippen LogP contribution in [0.5, 0.6) is 0 Å². The van der Waals surface area contributed by atoms with Crippen molar-refractivity contribution in [3.05, 3.63) is 35.5 Å². The Balaban J connectivity index is 1.54. The van der Waals surface area contributed by atoms with Crippen LogP contribution in [0.4, 0.5) is 0 Å². The summed E-state index contributed by atoms with van der Waals surface area (Å²) in [5, 5.41) is 18.7. The fraction of sp³-hybridized carbons (Fsp3) is 0.619. The molecule has 0 amide bonds. The first-order valence-corrected chi connectivity index (χ1v) is 9.24. The summed E-state index contributed by atoms with van der Waals surface area (Å²) in [4.78, 5) is 0. The molecule has 0 saturated heterocycles. The van der Waals surface area contributed by atoms with E-state index in [4.69, 9.17) is 0 Å². The fourth-order valence-corrected chi connectivity index (χ4v) is 9.58. The number of rotatable bonds is 0. The zero-order valence-electron chi connectivity index (χ0n) is 12.8. The molecule has 0 spiro atoms. The molecule has 23 heavy (non-hydrogen) atoms. The van der Waals surface area contributed by atoms with Crippen molar-refractivity contribution in [3.8, 4) is 12.1 Å².